The number of nitrogens with two attached hydrogens (primary N) is 1. The van der Waals surface area contributed by atoms with Crippen LogP contribution in [-0.2, 0) is 9.47 Å². The van der Waals surface area contributed by atoms with Crippen molar-refractivity contribution in [1.29, 1.82) is 0 Å². The smallest absolute Gasteiger partial charge is 0.0590 e. The summed E-state index contributed by atoms with van der Waals surface area (Å²) in [6.45, 7) is 2.68. The molecule has 0 aliphatic carbocycles. The third kappa shape index (κ3) is 3.42. The van der Waals surface area contributed by atoms with E-state index >= 15 is 0 Å². The van der Waals surface area contributed by atoms with Gasteiger partial charge in [0, 0.05) is 19.3 Å². The normalized spacial score (nSPS) is 33.6. The highest BCUT2D eigenvalue weighted by Crippen LogP contribution is 2.24. The molecule has 3 N–H and O–H groups in total. The lowest BCUT2D eigenvalue weighted by Crippen LogP contribution is -2.46. The highest BCUT2D eigenvalue weighted by Gasteiger charge is 2.27. The first-order chi connectivity index (χ1) is 7.90. The Kier molecular flexibility index (Phi) is 5.03. The van der Waals surface area contributed by atoms with Crippen LogP contribution in [0.25, 0.3) is 0 Å². The third-order valence-corrected chi connectivity index (χ3v) is 3.77. The maximum absolute atomic E-state index is 5.76. The van der Waals surface area contributed by atoms with Crippen molar-refractivity contribution >= 4 is 0 Å². The fourth-order valence-electron chi connectivity index (χ4n) is 2.76. The average Bonchev–Trinajstić information content (AvgIpc) is 2.38. The topological polar surface area (TPSA) is 56.5 Å². The molecule has 0 aromatic carbocycles. The van der Waals surface area contributed by atoms with Crippen LogP contribution in [0.15, 0.2) is 0 Å². The number of hydrogen-bond donors (Lipinski definition) is 2. The Balaban J connectivity index is 1.78. The Hall–Kier alpha value is -0.160. The molecule has 2 aliphatic heterocycles. The van der Waals surface area contributed by atoms with Gasteiger partial charge in [0.25, 0.3) is 0 Å². The molecule has 2 rings (SSSR count). The SMILES string of the molecule is NNC(CC1CCCCO1)C1CCCOC1. The molecule has 0 radical (unpaired) electrons. The number of nitrogens with one attached hydrogen (secondary N) is 1. The maximum Gasteiger partial charge on any atom is 0.0590 e. The van der Waals surface area contributed by atoms with Gasteiger partial charge in [-0.05, 0) is 44.4 Å². The van der Waals surface area contributed by atoms with Gasteiger partial charge in [0.2, 0.25) is 0 Å². The van der Waals surface area contributed by atoms with E-state index in [2.05, 4.69) is 5.43 Å². The van der Waals surface area contributed by atoms with E-state index in [1.54, 1.807) is 0 Å². The van der Waals surface area contributed by atoms with Gasteiger partial charge in [-0.3, -0.25) is 11.3 Å². The van der Waals surface area contributed by atoms with Crippen molar-refractivity contribution in [1.82, 2.24) is 5.43 Å². The number of rotatable bonds is 4. The zero-order valence-corrected chi connectivity index (χ0v) is 9.99. The Morgan fingerprint density at radius 1 is 1.19 bits per heavy atom. The van der Waals surface area contributed by atoms with Gasteiger partial charge in [-0.15, -0.1) is 0 Å². The standard InChI is InChI=1S/C12H24N2O2/c13-14-12(10-4-3-6-15-9-10)8-11-5-1-2-7-16-11/h10-12,14H,1-9,13H2. The lowest BCUT2D eigenvalue weighted by Gasteiger charge is -2.33. The predicted molar refractivity (Wildman–Crippen MR) is 62.9 cm³/mol. The zero-order chi connectivity index (χ0) is 11.2. The maximum atomic E-state index is 5.76. The summed E-state index contributed by atoms with van der Waals surface area (Å²) < 4.78 is 11.3. The van der Waals surface area contributed by atoms with Gasteiger partial charge in [0.15, 0.2) is 0 Å². The van der Waals surface area contributed by atoms with Crippen LogP contribution in [-0.4, -0.2) is 32.0 Å². The van der Waals surface area contributed by atoms with E-state index in [1.165, 1.54) is 25.7 Å². The first-order valence-corrected chi connectivity index (χ1v) is 6.55. The minimum absolute atomic E-state index is 0.350. The van der Waals surface area contributed by atoms with Crippen LogP contribution in [0.5, 0.6) is 0 Å². The van der Waals surface area contributed by atoms with Crippen LogP contribution < -0.4 is 11.3 Å². The molecular formula is C12H24N2O2. The van der Waals surface area contributed by atoms with E-state index in [-0.39, 0.29) is 0 Å². The van der Waals surface area contributed by atoms with Crippen LogP contribution in [0.4, 0.5) is 0 Å². The Bertz CT molecular complexity index is 189. The second-order valence-electron chi connectivity index (χ2n) is 4.97. The number of hydrogen-bond acceptors (Lipinski definition) is 4. The monoisotopic (exact) mass is 228 g/mol. The van der Waals surface area contributed by atoms with Crippen LogP contribution in [0.3, 0.4) is 0 Å². The molecule has 2 saturated heterocycles. The fraction of sp³-hybridized carbons (Fsp3) is 1.00. The number of hydrazine groups is 1. The molecule has 4 nitrogen and oxygen atoms in total. The molecule has 0 amide bonds. The van der Waals surface area contributed by atoms with Crippen LogP contribution in [0, 0.1) is 5.92 Å². The Labute approximate surface area is 97.8 Å². The van der Waals surface area contributed by atoms with Gasteiger partial charge in [-0.25, -0.2) is 0 Å². The minimum atomic E-state index is 0.350. The molecule has 94 valence electrons. The van der Waals surface area contributed by atoms with E-state index in [9.17, 15) is 0 Å². The van der Waals surface area contributed by atoms with Gasteiger partial charge < -0.3 is 9.47 Å². The van der Waals surface area contributed by atoms with Crippen molar-refractivity contribution in [3.8, 4) is 0 Å². The summed E-state index contributed by atoms with van der Waals surface area (Å²) in [5, 5.41) is 0. The van der Waals surface area contributed by atoms with E-state index in [1.807, 2.05) is 0 Å². The van der Waals surface area contributed by atoms with Crippen molar-refractivity contribution in [2.75, 3.05) is 19.8 Å². The van der Waals surface area contributed by atoms with Crippen LogP contribution in [0.1, 0.15) is 38.5 Å². The molecule has 16 heavy (non-hydrogen) atoms. The van der Waals surface area contributed by atoms with Crippen molar-refractivity contribution in [3.63, 3.8) is 0 Å². The van der Waals surface area contributed by atoms with Gasteiger partial charge in [-0.1, -0.05) is 0 Å². The second kappa shape index (κ2) is 6.55. The van der Waals surface area contributed by atoms with E-state index in [0.29, 0.717) is 18.1 Å². The molecule has 3 atom stereocenters. The third-order valence-electron chi connectivity index (χ3n) is 3.77. The van der Waals surface area contributed by atoms with Crippen molar-refractivity contribution in [2.24, 2.45) is 11.8 Å². The van der Waals surface area contributed by atoms with Gasteiger partial charge in [0.1, 0.15) is 0 Å². The molecule has 0 saturated carbocycles. The lowest BCUT2D eigenvalue weighted by atomic mass is 9.89. The average molecular weight is 228 g/mol. The predicted octanol–water partition coefficient (Wildman–Crippen LogP) is 1.20. The molecule has 0 spiro atoms. The quantitative estimate of drug-likeness (QED) is 0.561. The zero-order valence-electron chi connectivity index (χ0n) is 9.99. The van der Waals surface area contributed by atoms with E-state index in [0.717, 1.165) is 32.7 Å². The Morgan fingerprint density at radius 3 is 2.75 bits per heavy atom. The summed E-state index contributed by atoms with van der Waals surface area (Å²) in [7, 11) is 0. The van der Waals surface area contributed by atoms with E-state index in [4.69, 9.17) is 15.3 Å². The molecular weight excluding hydrogens is 204 g/mol. The minimum Gasteiger partial charge on any atom is -0.381 e. The molecule has 0 aromatic rings. The molecule has 0 bridgehead atoms. The van der Waals surface area contributed by atoms with Crippen LogP contribution >= 0.6 is 0 Å². The second-order valence-corrected chi connectivity index (χ2v) is 4.97. The summed E-state index contributed by atoms with van der Waals surface area (Å²) in [5.74, 6) is 6.22. The first-order valence-electron chi connectivity index (χ1n) is 6.55. The van der Waals surface area contributed by atoms with Gasteiger partial charge in [0.05, 0.1) is 12.7 Å². The lowest BCUT2D eigenvalue weighted by molar-refractivity contribution is -0.0133. The Morgan fingerprint density at radius 2 is 2.12 bits per heavy atom. The summed E-state index contributed by atoms with van der Waals surface area (Å²) in [5.41, 5.74) is 2.96. The highest BCUT2D eigenvalue weighted by atomic mass is 16.5. The van der Waals surface area contributed by atoms with Crippen molar-refractivity contribution in [2.45, 2.75) is 50.7 Å². The largest absolute Gasteiger partial charge is 0.381 e. The first kappa shape index (κ1) is 12.3. The summed E-state index contributed by atoms with van der Waals surface area (Å²) in [6, 6.07) is 0.350. The van der Waals surface area contributed by atoms with E-state index < -0.39 is 0 Å². The molecule has 4 heteroatoms. The fourth-order valence-corrected chi connectivity index (χ4v) is 2.76. The summed E-state index contributed by atoms with van der Waals surface area (Å²) in [4.78, 5) is 0. The molecule has 3 unspecified atom stereocenters. The molecule has 0 aromatic heterocycles. The van der Waals surface area contributed by atoms with Gasteiger partial charge in [-0.2, -0.15) is 0 Å². The number of ether oxygens (including phenoxy) is 2. The molecule has 2 fully saturated rings. The molecule has 2 heterocycles. The van der Waals surface area contributed by atoms with Crippen molar-refractivity contribution in [3.05, 3.63) is 0 Å². The summed E-state index contributed by atoms with van der Waals surface area (Å²) >= 11 is 0. The van der Waals surface area contributed by atoms with Gasteiger partial charge >= 0.3 is 0 Å². The summed E-state index contributed by atoms with van der Waals surface area (Å²) in [6.07, 6.45) is 7.51. The van der Waals surface area contributed by atoms with Crippen LogP contribution in [0.2, 0.25) is 0 Å². The van der Waals surface area contributed by atoms with Crippen molar-refractivity contribution < 1.29 is 9.47 Å². The molecule has 2 aliphatic rings. The highest BCUT2D eigenvalue weighted by molar-refractivity contribution is 4.80.